The summed E-state index contributed by atoms with van der Waals surface area (Å²) in [6.45, 7) is 0. The minimum Gasteiger partial charge on any atom is -0.258 e. The lowest BCUT2D eigenvalue weighted by molar-refractivity contribution is -0.384. The Morgan fingerprint density at radius 2 is 2.00 bits per heavy atom. The third-order valence-electron chi connectivity index (χ3n) is 2.01. The van der Waals surface area contributed by atoms with E-state index in [0.29, 0.717) is 6.42 Å². The lowest BCUT2D eigenvalue weighted by atomic mass is 10.3. The normalized spacial score (nSPS) is 11.4. The Hall–Kier alpha value is -0.850. The summed E-state index contributed by atoms with van der Waals surface area (Å²) < 4.78 is 23.6. The standard InChI is InChI=1S/C9H9Cl2NO4S/c10-4-1-5-17(15,16)9-3-2-7(12(13)14)6-8(9)11/h2-3,6H,1,4-5H2. The maximum atomic E-state index is 11.8. The molecule has 0 spiro atoms. The van der Waals surface area contributed by atoms with Crippen LogP contribution >= 0.6 is 23.2 Å². The van der Waals surface area contributed by atoms with Crippen molar-refractivity contribution in [2.24, 2.45) is 0 Å². The number of alkyl halides is 1. The van der Waals surface area contributed by atoms with Crippen molar-refractivity contribution in [2.75, 3.05) is 11.6 Å². The van der Waals surface area contributed by atoms with Gasteiger partial charge in [0.25, 0.3) is 5.69 Å². The molecule has 0 unspecified atom stereocenters. The molecule has 1 aromatic rings. The van der Waals surface area contributed by atoms with Crippen LogP contribution in [0.2, 0.25) is 5.02 Å². The number of nitro benzene ring substituents is 1. The summed E-state index contributed by atoms with van der Waals surface area (Å²) in [5.74, 6) is 0.0951. The monoisotopic (exact) mass is 297 g/mol. The highest BCUT2D eigenvalue weighted by molar-refractivity contribution is 7.91. The van der Waals surface area contributed by atoms with Gasteiger partial charge in [0.2, 0.25) is 0 Å². The lowest BCUT2D eigenvalue weighted by Gasteiger charge is -2.05. The number of nitro groups is 1. The zero-order chi connectivity index (χ0) is 13.1. The van der Waals surface area contributed by atoms with Crippen molar-refractivity contribution >= 4 is 38.7 Å². The van der Waals surface area contributed by atoms with E-state index in [-0.39, 0.29) is 27.2 Å². The Bertz CT molecular complexity index is 530. The molecule has 0 radical (unpaired) electrons. The van der Waals surface area contributed by atoms with Crippen molar-refractivity contribution < 1.29 is 13.3 Å². The first kappa shape index (κ1) is 14.2. The first-order chi connectivity index (χ1) is 7.88. The summed E-state index contributed by atoms with van der Waals surface area (Å²) in [6, 6.07) is 3.28. The molecule has 0 N–H and O–H groups in total. The number of sulfone groups is 1. The van der Waals surface area contributed by atoms with Gasteiger partial charge in [-0.15, -0.1) is 11.6 Å². The van der Waals surface area contributed by atoms with Gasteiger partial charge in [-0.25, -0.2) is 8.42 Å². The van der Waals surface area contributed by atoms with Gasteiger partial charge in [0.05, 0.1) is 20.6 Å². The Kier molecular flexibility index (Phi) is 4.73. The van der Waals surface area contributed by atoms with E-state index in [9.17, 15) is 18.5 Å². The fraction of sp³-hybridized carbons (Fsp3) is 0.333. The van der Waals surface area contributed by atoms with Crippen LogP contribution in [0, 0.1) is 10.1 Å². The quantitative estimate of drug-likeness (QED) is 0.475. The van der Waals surface area contributed by atoms with Crippen LogP contribution in [0.5, 0.6) is 0 Å². The molecule has 1 rings (SSSR count). The topological polar surface area (TPSA) is 77.3 Å². The Labute approximate surface area is 108 Å². The third kappa shape index (κ3) is 3.55. The number of halogens is 2. The second kappa shape index (κ2) is 5.66. The molecule has 0 heterocycles. The zero-order valence-corrected chi connectivity index (χ0v) is 10.9. The summed E-state index contributed by atoms with van der Waals surface area (Å²) in [5, 5.41) is 10.3. The molecule has 8 heteroatoms. The highest BCUT2D eigenvalue weighted by Crippen LogP contribution is 2.27. The molecule has 1 aromatic carbocycles. The van der Waals surface area contributed by atoms with Gasteiger partial charge >= 0.3 is 0 Å². The summed E-state index contributed by atoms with van der Waals surface area (Å²) in [6.07, 6.45) is 0.303. The molecule has 0 saturated heterocycles. The van der Waals surface area contributed by atoms with Gasteiger partial charge in [-0.3, -0.25) is 10.1 Å². The van der Waals surface area contributed by atoms with Crippen LogP contribution in [0.4, 0.5) is 5.69 Å². The number of non-ortho nitro benzene ring substituents is 1. The maximum Gasteiger partial charge on any atom is 0.271 e. The fourth-order valence-corrected chi connectivity index (χ4v) is 3.41. The van der Waals surface area contributed by atoms with E-state index in [1.54, 1.807) is 0 Å². The molecule has 0 fully saturated rings. The van der Waals surface area contributed by atoms with Gasteiger partial charge in [-0.05, 0) is 12.5 Å². The molecule has 5 nitrogen and oxygen atoms in total. The van der Waals surface area contributed by atoms with E-state index in [2.05, 4.69) is 0 Å². The van der Waals surface area contributed by atoms with Gasteiger partial charge in [0.15, 0.2) is 9.84 Å². The van der Waals surface area contributed by atoms with E-state index >= 15 is 0 Å². The first-order valence-corrected chi connectivity index (χ1v) is 7.17. The number of benzene rings is 1. The van der Waals surface area contributed by atoms with E-state index in [4.69, 9.17) is 23.2 Å². The molecule has 0 aliphatic carbocycles. The Balaban J connectivity index is 3.12. The molecule has 0 aliphatic rings. The fourth-order valence-electron chi connectivity index (χ4n) is 1.21. The van der Waals surface area contributed by atoms with Gasteiger partial charge in [-0.2, -0.15) is 0 Å². The molecular formula is C9H9Cl2NO4S. The van der Waals surface area contributed by atoms with Gasteiger partial charge < -0.3 is 0 Å². The van der Waals surface area contributed by atoms with E-state index in [1.165, 1.54) is 0 Å². The molecule has 17 heavy (non-hydrogen) atoms. The van der Waals surface area contributed by atoms with Crippen molar-refractivity contribution in [3.8, 4) is 0 Å². The zero-order valence-electron chi connectivity index (χ0n) is 8.60. The van der Waals surface area contributed by atoms with Gasteiger partial charge in [0.1, 0.15) is 0 Å². The minimum atomic E-state index is -3.53. The number of hydrogen-bond acceptors (Lipinski definition) is 4. The molecule has 0 atom stereocenters. The van der Waals surface area contributed by atoms with Gasteiger partial charge in [0, 0.05) is 18.0 Å². The largest absolute Gasteiger partial charge is 0.271 e. The van der Waals surface area contributed by atoms with Crippen molar-refractivity contribution in [1.82, 2.24) is 0 Å². The maximum absolute atomic E-state index is 11.8. The van der Waals surface area contributed by atoms with Crippen LogP contribution in [0.1, 0.15) is 6.42 Å². The lowest BCUT2D eigenvalue weighted by Crippen LogP contribution is -2.08. The summed E-state index contributed by atoms with van der Waals surface area (Å²) in [4.78, 5) is 9.73. The number of hydrogen-bond donors (Lipinski definition) is 0. The first-order valence-electron chi connectivity index (χ1n) is 4.61. The third-order valence-corrected chi connectivity index (χ3v) is 4.55. The van der Waals surface area contributed by atoms with Crippen LogP contribution in [-0.4, -0.2) is 25.0 Å². The number of nitrogens with zero attached hydrogens (tertiary/aromatic N) is 1. The predicted octanol–water partition coefficient (Wildman–Crippen LogP) is 2.65. The molecule has 94 valence electrons. The second-order valence-electron chi connectivity index (χ2n) is 3.23. The molecule has 0 aromatic heterocycles. The van der Waals surface area contributed by atoms with Crippen LogP contribution in [0.25, 0.3) is 0 Å². The Morgan fingerprint density at radius 1 is 1.35 bits per heavy atom. The average molecular weight is 298 g/mol. The molecule has 0 amide bonds. The van der Waals surface area contributed by atoms with E-state index in [1.807, 2.05) is 0 Å². The van der Waals surface area contributed by atoms with E-state index < -0.39 is 14.8 Å². The number of rotatable bonds is 5. The average Bonchev–Trinajstić information content (AvgIpc) is 2.25. The predicted molar refractivity (Wildman–Crippen MR) is 65.5 cm³/mol. The second-order valence-corrected chi connectivity index (χ2v) is 6.10. The van der Waals surface area contributed by atoms with Crippen molar-refractivity contribution in [2.45, 2.75) is 11.3 Å². The van der Waals surface area contributed by atoms with Crippen LogP contribution in [-0.2, 0) is 9.84 Å². The van der Waals surface area contributed by atoms with Crippen molar-refractivity contribution in [3.05, 3.63) is 33.3 Å². The summed E-state index contributed by atoms with van der Waals surface area (Å²) >= 11 is 11.1. The highest BCUT2D eigenvalue weighted by atomic mass is 35.5. The molecular weight excluding hydrogens is 289 g/mol. The molecule has 0 saturated carbocycles. The molecule has 0 bridgehead atoms. The van der Waals surface area contributed by atoms with Crippen molar-refractivity contribution in [1.29, 1.82) is 0 Å². The summed E-state index contributed by atoms with van der Waals surface area (Å²) in [5.41, 5.74) is -0.244. The SMILES string of the molecule is O=[N+]([O-])c1ccc(S(=O)(=O)CCCCl)c(Cl)c1. The van der Waals surface area contributed by atoms with Gasteiger partial charge in [-0.1, -0.05) is 11.6 Å². The van der Waals surface area contributed by atoms with Crippen LogP contribution < -0.4 is 0 Å². The smallest absolute Gasteiger partial charge is 0.258 e. The van der Waals surface area contributed by atoms with Crippen molar-refractivity contribution in [3.63, 3.8) is 0 Å². The van der Waals surface area contributed by atoms with Crippen LogP contribution in [0.15, 0.2) is 23.1 Å². The highest BCUT2D eigenvalue weighted by Gasteiger charge is 2.20. The summed E-state index contributed by atoms with van der Waals surface area (Å²) in [7, 11) is -3.53. The molecule has 0 aliphatic heterocycles. The Morgan fingerprint density at radius 3 is 2.47 bits per heavy atom. The van der Waals surface area contributed by atoms with E-state index in [0.717, 1.165) is 18.2 Å². The minimum absolute atomic E-state index is 0.102. The van der Waals surface area contributed by atoms with Crippen LogP contribution in [0.3, 0.4) is 0 Å².